The molecule has 0 fully saturated rings. The highest BCUT2D eigenvalue weighted by Gasteiger charge is 2.13. The van der Waals surface area contributed by atoms with Gasteiger partial charge in [0.15, 0.2) is 5.11 Å². The van der Waals surface area contributed by atoms with Gasteiger partial charge in [0.2, 0.25) is 0 Å². The van der Waals surface area contributed by atoms with E-state index in [0.717, 1.165) is 12.1 Å². The third-order valence-corrected chi connectivity index (χ3v) is 3.23. The zero-order valence-electron chi connectivity index (χ0n) is 11.5. The Hall–Kier alpha value is -2.51. The Kier molecular flexibility index (Phi) is 5.25. The maximum atomic E-state index is 12.8. The Morgan fingerprint density at radius 2 is 1.78 bits per heavy atom. The van der Waals surface area contributed by atoms with Crippen molar-refractivity contribution in [1.82, 2.24) is 5.32 Å². The molecular formula is C15H10ClFN2O3S. The first-order chi connectivity index (χ1) is 10.9. The number of amides is 1. The largest absolute Gasteiger partial charge is 0.478 e. The number of benzene rings is 2. The molecule has 0 saturated heterocycles. The topological polar surface area (TPSA) is 78.4 Å². The minimum atomic E-state index is -1.19. The summed E-state index contributed by atoms with van der Waals surface area (Å²) in [6.45, 7) is 0. The van der Waals surface area contributed by atoms with Gasteiger partial charge in [-0.15, -0.1) is 0 Å². The summed E-state index contributed by atoms with van der Waals surface area (Å²) >= 11 is 10.7. The van der Waals surface area contributed by atoms with Crippen molar-refractivity contribution in [3.63, 3.8) is 0 Å². The smallest absolute Gasteiger partial charge is 0.337 e. The minimum Gasteiger partial charge on any atom is -0.478 e. The number of halogens is 2. The van der Waals surface area contributed by atoms with Crippen LogP contribution in [-0.4, -0.2) is 22.1 Å². The molecule has 23 heavy (non-hydrogen) atoms. The second-order valence-corrected chi connectivity index (χ2v) is 5.25. The van der Waals surface area contributed by atoms with Gasteiger partial charge in [-0.2, -0.15) is 0 Å². The Morgan fingerprint density at radius 3 is 2.39 bits per heavy atom. The van der Waals surface area contributed by atoms with Gasteiger partial charge in [0, 0.05) is 10.6 Å². The van der Waals surface area contributed by atoms with Gasteiger partial charge < -0.3 is 10.4 Å². The first kappa shape index (κ1) is 16.9. The number of carboxylic acid groups (broad SMARTS) is 1. The molecule has 0 atom stereocenters. The molecule has 0 aliphatic heterocycles. The molecule has 2 rings (SSSR count). The van der Waals surface area contributed by atoms with E-state index < -0.39 is 17.7 Å². The van der Waals surface area contributed by atoms with Crippen molar-refractivity contribution in [3.05, 3.63) is 64.4 Å². The number of carbonyl (C=O) groups excluding carboxylic acids is 1. The number of rotatable bonds is 3. The van der Waals surface area contributed by atoms with E-state index in [4.69, 9.17) is 28.9 Å². The summed E-state index contributed by atoms with van der Waals surface area (Å²) in [6.07, 6.45) is 0. The maximum absolute atomic E-state index is 12.8. The van der Waals surface area contributed by atoms with Crippen LogP contribution in [0.3, 0.4) is 0 Å². The van der Waals surface area contributed by atoms with Crippen molar-refractivity contribution >= 4 is 46.5 Å². The molecular weight excluding hydrogens is 343 g/mol. The Bertz CT molecular complexity index is 781. The highest BCUT2D eigenvalue weighted by atomic mass is 35.5. The van der Waals surface area contributed by atoms with E-state index in [9.17, 15) is 14.0 Å². The van der Waals surface area contributed by atoms with E-state index >= 15 is 0 Å². The zero-order chi connectivity index (χ0) is 17.0. The lowest BCUT2D eigenvalue weighted by molar-refractivity contribution is 0.0698. The third-order valence-electron chi connectivity index (χ3n) is 2.79. The normalized spacial score (nSPS) is 10.0. The van der Waals surface area contributed by atoms with Crippen molar-refractivity contribution in [3.8, 4) is 0 Å². The number of carboxylic acids is 1. The third kappa shape index (κ3) is 4.48. The minimum absolute atomic E-state index is 0.0871. The second-order valence-electron chi connectivity index (χ2n) is 4.41. The predicted molar refractivity (Wildman–Crippen MR) is 88.5 cm³/mol. The molecule has 0 saturated carbocycles. The van der Waals surface area contributed by atoms with E-state index in [2.05, 4.69) is 10.6 Å². The summed E-state index contributed by atoms with van der Waals surface area (Å²) in [4.78, 5) is 23.1. The Morgan fingerprint density at radius 1 is 1.13 bits per heavy atom. The van der Waals surface area contributed by atoms with E-state index in [0.29, 0.717) is 0 Å². The van der Waals surface area contributed by atoms with Crippen LogP contribution in [0.2, 0.25) is 5.02 Å². The molecule has 2 aromatic rings. The summed E-state index contributed by atoms with van der Waals surface area (Å²) in [5.74, 6) is -2.20. The highest BCUT2D eigenvalue weighted by molar-refractivity contribution is 7.80. The summed E-state index contributed by atoms with van der Waals surface area (Å²) in [6, 6.07) is 9.08. The molecule has 118 valence electrons. The van der Waals surface area contributed by atoms with Crippen LogP contribution in [0.15, 0.2) is 42.5 Å². The van der Waals surface area contributed by atoms with Crippen LogP contribution in [0.5, 0.6) is 0 Å². The fourth-order valence-corrected chi connectivity index (χ4v) is 2.11. The van der Waals surface area contributed by atoms with Gasteiger partial charge in [0.25, 0.3) is 5.91 Å². The molecule has 0 radical (unpaired) electrons. The molecule has 2 aromatic carbocycles. The first-order valence-corrected chi connectivity index (χ1v) is 7.06. The predicted octanol–water partition coefficient (Wildman–Crippen LogP) is 3.30. The van der Waals surface area contributed by atoms with Gasteiger partial charge in [0.1, 0.15) is 5.82 Å². The molecule has 0 bridgehead atoms. The molecule has 1 amide bonds. The van der Waals surface area contributed by atoms with Gasteiger partial charge >= 0.3 is 5.97 Å². The molecule has 0 spiro atoms. The number of hydrogen-bond acceptors (Lipinski definition) is 3. The average Bonchev–Trinajstić information content (AvgIpc) is 2.49. The molecule has 0 aromatic heterocycles. The van der Waals surface area contributed by atoms with E-state index in [1.54, 1.807) is 0 Å². The first-order valence-electron chi connectivity index (χ1n) is 6.27. The molecule has 0 unspecified atom stereocenters. The molecule has 3 N–H and O–H groups in total. The molecule has 5 nitrogen and oxygen atoms in total. The SMILES string of the molecule is O=C(NC(=S)Nc1ccc(Cl)cc1C(=O)O)c1ccc(F)cc1. The van der Waals surface area contributed by atoms with Crippen molar-refractivity contribution in [2.75, 3.05) is 5.32 Å². The summed E-state index contributed by atoms with van der Waals surface area (Å²) in [7, 11) is 0. The van der Waals surface area contributed by atoms with Crippen LogP contribution in [0.4, 0.5) is 10.1 Å². The van der Waals surface area contributed by atoms with E-state index in [1.807, 2.05) is 0 Å². The van der Waals surface area contributed by atoms with Crippen LogP contribution in [0.25, 0.3) is 0 Å². The van der Waals surface area contributed by atoms with Gasteiger partial charge in [-0.1, -0.05) is 11.6 Å². The van der Waals surface area contributed by atoms with Crippen molar-refractivity contribution < 1.29 is 19.1 Å². The van der Waals surface area contributed by atoms with Gasteiger partial charge in [-0.25, -0.2) is 9.18 Å². The van der Waals surface area contributed by atoms with Gasteiger partial charge in [-0.05, 0) is 54.7 Å². The average molecular weight is 353 g/mol. The van der Waals surface area contributed by atoms with Crippen LogP contribution in [0.1, 0.15) is 20.7 Å². The fourth-order valence-electron chi connectivity index (χ4n) is 1.73. The zero-order valence-corrected chi connectivity index (χ0v) is 13.0. The summed E-state index contributed by atoms with van der Waals surface area (Å²) in [5.41, 5.74) is 0.312. The van der Waals surface area contributed by atoms with Crippen LogP contribution in [-0.2, 0) is 0 Å². The lowest BCUT2D eigenvalue weighted by Gasteiger charge is -2.12. The Labute approximate surface area is 141 Å². The lowest BCUT2D eigenvalue weighted by Crippen LogP contribution is -2.34. The monoisotopic (exact) mass is 352 g/mol. The quantitative estimate of drug-likeness (QED) is 0.739. The number of hydrogen-bond donors (Lipinski definition) is 3. The number of nitrogens with one attached hydrogen (secondary N) is 2. The fraction of sp³-hybridized carbons (Fsp3) is 0. The molecule has 8 heteroatoms. The van der Waals surface area contributed by atoms with Gasteiger partial charge in [0.05, 0.1) is 11.3 Å². The highest BCUT2D eigenvalue weighted by Crippen LogP contribution is 2.20. The van der Waals surface area contributed by atoms with Crippen LogP contribution < -0.4 is 10.6 Å². The molecule has 0 heterocycles. The summed E-state index contributed by atoms with van der Waals surface area (Å²) < 4.78 is 12.8. The van der Waals surface area contributed by atoms with Crippen molar-refractivity contribution in [2.24, 2.45) is 0 Å². The number of aromatic carboxylic acids is 1. The Balaban J connectivity index is 2.09. The molecule has 0 aliphatic carbocycles. The van der Waals surface area contributed by atoms with Gasteiger partial charge in [-0.3, -0.25) is 10.1 Å². The second kappa shape index (κ2) is 7.17. The van der Waals surface area contributed by atoms with Crippen LogP contribution >= 0.6 is 23.8 Å². The van der Waals surface area contributed by atoms with Crippen molar-refractivity contribution in [2.45, 2.75) is 0 Å². The number of anilines is 1. The standard InChI is InChI=1S/C15H10ClFN2O3S/c16-9-3-6-12(11(7-9)14(21)22)18-15(23)19-13(20)8-1-4-10(17)5-2-8/h1-7H,(H,21,22)(H2,18,19,20,23). The number of thiocarbonyl (C=S) groups is 1. The van der Waals surface area contributed by atoms with Crippen LogP contribution in [0, 0.1) is 5.82 Å². The van der Waals surface area contributed by atoms with E-state index in [-0.39, 0.29) is 26.9 Å². The lowest BCUT2D eigenvalue weighted by atomic mass is 10.2. The van der Waals surface area contributed by atoms with E-state index in [1.165, 1.54) is 30.3 Å². The number of carbonyl (C=O) groups is 2. The van der Waals surface area contributed by atoms with Crippen molar-refractivity contribution in [1.29, 1.82) is 0 Å². The molecule has 0 aliphatic rings. The summed E-state index contributed by atoms with van der Waals surface area (Å²) in [5, 5.41) is 14.3. The maximum Gasteiger partial charge on any atom is 0.337 e.